The van der Waals surface area contributed by atoms with E-state index in [9.17, 15) is 9.90 Å². The third-order valence-corrected chi connectivity index (χ3v) is 4.22. The number of aliphatic hydroxyl groups is 1. The molecule has 156 valence electrons. The number of amides is 1. The molecule has 1 saturated heterocycles. The normalized spacial score (nSPS) is 17.6. The molecule has 1 amide bonds. The summed E-state index contributed by atoms with van der Waals surface area (Å²) in [6.07, 6.45) is 3.16. The van der Waals surface area contributed by atoms with E-state index in [0.29, 0.717) is 50.9 Å². The molecule has 1 aliphatic rings. The van der Waals surface area contributed by atoms with Crippen molar-refractivity contribution >= 4 is 11.9 Å². The first kappa shape index (κ1) is 22.1. The predicted molar refractivity (Wildman–Crippen MR) is 108 cm³/mol. The van der Waals surface area contributed by atoms with E-state index in [1.807, 2.05) is 6.92 Å². The number of hydrogen-bond acceptors (Lipinski definition) is 6. The molecule has 0 radical (unpaired) electrons. The van der Waals surface area contributed by atoms with Gasteiger partial charge < -0.3 is 25.8 Å². The van der Waals surface area contributed by atoms with Gasteiger partial charge in [-0.2, -0.15) is 0 Å². The van der Waals surface area contributed by atoms with E-state index >= 15 is 0 Å². The summed E-state index contributed by atoms with van der Waals surface area (Å²) in [5, 5.41) is 19.8. The van der Waals surface area contributed by atoms with Gasteiger partial charge in [-0.1, -0.05) is 0 Å². The third-order valence-electron chi connectivity index (χ3n) is 4.22. The number of ether oxygens (including phenoxy) is 1. The first-order valence-corrected chi connectivity index (χ1v) is 9.73. The van der Waals surface area contributed by atoms with Crippen LogP contribution >= 0.6 is 0 Å². The average molecular weight is 393 g/mol. The molecule has 1 atom stereocenters. The van der Waals surface area contributed by atoms with Crippen LogP contribution in [0.15, 0.2) is 29.5 Å². The Morgan fingerprint density at radius 2 is 2.07 bits per heavy atom. The highest BCUT2D eigenvalue weighted by Gasteiger charge is 2.25. The number of pyridine rings is 1. The number of β-amino-alcohol motifs (C(OH)–C–C–N with tert-alkyl or cyclic N) is 1. The molecule has 0 bridgehead atoms. The van der Waals surface area contributed by atoms with Gasteiger partial charge >= 0.3 is 0 Å². The molecule has 2 heterocycles. The number of nitrogens with one attached hydrogen (secondary N) is 3. The molecule has 1 unspecified atom stereocenters. The third kappa shape index (κ3) is 8.20. The number of aromatic nitrogens is 1. The van der Waals surface area contributed by atoms with Gasteiger partial charge in [0.25, 0.3) is 5.91 Å². The lowest BCUT2D eigenvalue weighted by Gasteiger charge is -2.33. The maximum Gasteiger partial charge on any atom is 0.252 e. The Balaban J connectivity index is 1.75. The second-order valence-corrected chi connectivity index (χ2v) is 7.01. The van der Waals surface area contributed by atoms with Gasteiger partial charge in [-0.25, -0.2) is 0 Å². The zero-order chi connectivity index (χ0) is 20.2. The number of guanidine groups is 1. The Kier molecular flexibility index (Phi) is 9.12. The summed E-state index contributed by atoms with van der Waals surface area (Å²) in [4.78, 5) is 22.6. The standard InChI is InChI=1S/C19H32N6O3/c1-3-21-18(23-8-7-22-17(26)16-5-4-6-20-13-16)24-14-19(2,27)15-25-9-11-28-12-10-25/h4-6,13,27H,3,7-12,14-15H2,1-2H3,(H,22,26)(H2,21,23,24). The molecule has 0 aromatic carbocycles. The van der Waals surface area contributed by atoms with Gasteiger partial charge in [0.2, 0.25) is 0 Å². The van der Waals surface area contributed by atoms with E-state index in [0.717, 1.165) is 13.1 Å². The van der Waals surface area contributed by atoms with Crippen LogP contribution in [-0.2, 0) is 4.74 Å². The van der Waals surface area contributed by atoms with Gasteiger partial charge in [0.15, 0.2) is 5.96 Å². The second-order valence-electron chi connectivity index (χ2n) is 7.01. The molecule has 9 heteroatoms. The van der Waals surface area contributed by atoms with Gasteiger partial charge in [-0.3, -0.25) is 19.7 Å². The van der Waals surface area contributed by atoms with Crippen LogP contribution in [0.3, 0.4) is 0 Å². The maximum atomic E-state index is 12.0. The summed E-state index contributed by atoms with van der Waals surface area (Å²) in [5.74, 6) is 0.450. The minimum Gasteiger partial charge on any atom is -0.387 e. The zero-order valence-corrected chi connectivity index (χ0v) is 16.8. The number of hydrogen-bond donors (Lipinski definition) is 4. The molecule has 2 rings (SSSR count). The molecule has 0 aliphatic carbocycles. The van der Waals surface area contributed by atoms with Crippen LogP contribution < -0.4 is 16.0 Å². The molecule has 28 heavy (non-hydrogen) atoms. The molecule has 9 nitrogen and oxygen atoms in total. The fourth-order valence-corrected chi connectivity index (χ4v) is 2.84. The van der Waals surface area contributed by atoms with Gasteiger partial charge in [0.05, 0.1) is 30.9 Å². The lowest BCUT2D eigenvalue weighted by atomic mass is 10.1. The van der Waals surface area contributed by atoms with Gasteiger partial charge in [-0.15, -0.1) is 0 Å². The van der Waals surface area contributed by atoms with E-state index in [1.165, 1.54) is 6.20 Å². The SMILES string of the molecule is CCNC(=NCC(C)(O)CN1CCOCC1)NCCNC(=O)c1cccnc1. The van der Waals surface area contributed by atoms with Crippen molar-refractivity contribution in [1.82, 2.24) is 25.8 Å². The lowest BCUT2D eigenvalue weighted by Crippen LogP contribution is -2.48. The van der Waals surface area contributed by atoms with E-state index in [2.05, 4.69) is 30.8 Å². The van der Waals surface area contributed by atoms with Crippen molar-refractivity contribution in [2.45, 2.75) is 19.4 Å². The van der Waals surface area contributed by atoms with E-state index in [1.54, 1.807) is 25.3 Å². The highest BCUT2D eigenvalue weighted by atomic mass is 16.5. The minimum absolute atomic E-state index is 0.162. The Hall–Kier alpha value is -2.23. The van der Waals surface area contributed by atoms with Crippen molar-refractivity contribution < 1.29 is 14.6 Å². The summed E-state index contributed by atoms with van der Waals surface area (Å²) in [6, 6.07) is 3.45. The van der Waals surface area contributed by atoms with E-state index in [-0.39, 0.29) is 12.5 Å². The van der Waals surface area contributed by atoms with Gasteiger partial charge in [-0.05, 0) is 26.0 Å². The van der Waals surface area contributed by atoms with Crippen LogP contribution in [-0.4, -0.2) is 91.5 Å². The molecular formula is C19H32N6O3. The number of carbonyl (C=O) groups is 1. The zero-order valence-electron chi connectivity index (χ0n) is 16.8. The maximum absolute atomic E-state index is 12.0. The first-order chi connectivity index (χ1) is 13.5. The topological polar surface area (TPSA) is 111 Å². The van der Waals surface area contributed by atoms with Crippen molar-refractivity contribution in [2.75, 3.05) is 59.0 Å². The number of rotatable bonds is 9. The quantitative estimate of drug-likeness (QED) is 0.253. The molecule has 1 aromatic heterocycles. The fraction of sp³-hybridized carbons (Fsp3) is 0.632. The molecule has 1 aliphatic heterocycles. The number of morpholine rings is 1. The van der Waals surface area contributed by atoms with Gasteiger partial charge in [0, 0.05) is 51.7 Å². The van der Waals surface area contributed by atoms with Crippen LogP contribution in [0.5, 0.6) is 0 Å². The average Bonchev–Trinajstić information content (AvgIpc) is 2.70. The van der Waals surface area contributed by atoms with Crippen molar-refractivity contribution in [2.24, 2.45) is 4.99 Å². The fourth-order valence-electron chi connectivity index (χ4n) is 2.84. The van der Waals surface area contributed by atoms with Crippen LogP contribution in [0, 0.1) is 0 Å². The van der Waals surface area contributed by atoms with Crippen LogP contribution in [0.2, 0.25) is 0 Å². The Bertz CT molecular complexity index is 617. The molecular weight excluding hydrogens is 360 g/mol. The second kappa shape index (κ2) is 11.6. The summed E-state index contributed by atoms with van der Waals surface area (Å²) in [7, 11) is 0. The monoisotopic (exact) mass is 392 g/mol. The largest absolute Gasteiger partial charge is 0.387 e. The molecule has 1 fully saturated rings. The molecule has 1 aromatic rings. The Morgan fingerprint density at radius 3 is 2.75 bits per heavy atom. The van der Waals surface area contributed by atoms with Crippen molar-refractivity contribution in [1.29, 1.82) is 0 Å². The number of carbonyl (C=O) groups excluding carboxylic acids is 1. The summed E-state index contributed by atoms with van der Waals surface area (Å²) >= 11 is 0. The Morgan fingerprint density at radius 1 is 1.32 bits per heavy atom. The molecule has 4 N–H and O–H groups in total. The van der Waals surface area contributed by atoms with Crippen molar-refractivity contribution in [3.63, 3.8) is 0 Å². The van der Waals surface area contributed by atoms with E-state index < -0.39 is 5.60 Å². The van der Waals surface area contributed by atoms with Crippen LogP contribution in [0.25, 0.3) is 0 Å². The van der Waals surface area contributed by atoms with Gasteiger partial charge in [0.1, 0.15) is 0 Å². The first-order valence-electron chi connectivity index (χ1n) is 9.73. The highest BCUT2D eigenvalue weighted by molar-refractivity contribution is 5.93. The number of aliphatic imine (C=N–C) groups is 1. The lowest BCUT2D eigenvalue weighted by molar-refractivity contribution is -0.0180. The summed E-state index contributed by atoms with van der Waals surface area (Å²) < 4.78 is 5.34. The molecule has 0 saturated carbocycles. The summed E-state index contributed by atoms with van der Waals surface area (Å²) in [6.45, 7) is 9.34. The van der Waals surface area contributed by atoms with Crippen molar-refractivity contribution in [3.05, 3.63) is 30.1 Å². The number of nitrogens with zero attached hydrogens (tertiary/aromatic N) is 3. The van der Waals surface area contributed by atoms with Crippen molar-refractivity contribution in [3.8, 4) is 0 Å². The van der Waals surface area contributed by atoms with Crippen LogP contribution in [0.1, 0.15) is 24.2 Å². The predicted octanol–water partition coefficient (Wildman–Crippen LogP) is -0.550. The minimum atomic E-state index is -0.922. The highest BCUT2D eigenvalue weighted by Crippen LogP contribution is 2.09. The Labute approximate surface area is 166 Å². The van der Waals surface area contributed by atoms with E-state index in [4.69, 9.17) is 4.74 Å². The van der Waals surface area contributed by atoms with Crippen LogP contribution in [0.4, 0.5) is 0 Å². The summed E-state index contributed by atoms with van der Waals surface area (Å²) in [5.41, 5.74) is -0.393. The smallest absolute Gasteiger partial charge is 0.252 e. The molecule has 0 spiro atoms.